The molecule has 2 aromatic carbocycles. The molecule has 5 nitrogen and oxygen atoms in total. The van der Waals surface area contributed by atoms with Crippen LogP contribution in [0.2, 0.25) is 5.02 Å². The number of pyridine rings is 1. The smallest absolute Gasteiger partial charge is 0.336 e. The van der Waals surface area contributed by atoms with Crippen LogP contribution in [0.1, 0.15) is 10.4 Å². The van der Waals surface area contributed by atoms with Gasteiger partial charge in [0.25, 0.3) is 0 Å². The summed E-state index contributed by atoms with van der Waals surface area (Å²) < 4.78 is 0.937. The number of fused-ring (bicyclic) bond motifs is 1. The largest absolute Gasteiger partial charge is 0.478 e. The average Bonchev–Trinajstić information content (AvgIpc) is 3.06. The van der Waals surface area contributed by atoms with Gasteiger partial charge in [-0.1, -0.05) is 51.8 Å². The molecule has 2 aromatic heterocycles. The first-order valence-corrected chi connectivity index (χ1v) is 8.84. The molecule has 4 rings (SSSR count). The number of nitrogens with one attached hydrogen (secondary N) is 1. The summed E-state index contributed by atoms with van der Waals surface area (Å²) in [5.74, 6) is -1.03. The Bertz CT molecular complexity index is 1120. The molecule has 2 heterocycles. The monoisotopic (exact) mass is 427 g/mol. The van der Waals surface area contributed by atoms with Crippen LogP contribution in [0.3, 0.4) is 0 Å². The quantitative estimate of drug-likeness (QED) is 0.457. The van der Waals surface area contributed by atoms with E-state index in [4.69, 9.17) is 11.6 Å². The molecule has 4 aromatic rings. The maximum atomic E-state index is 11.9. The van der Waals surface area contributed by atoms with E-state index in [2.05, 4.69) is 31.1 Å². The van der Waals surface area contributed by atoms with Crippen LogP contribution >= 0.6 is 27.5 Å². The summed E-state index contributed by atoms with van der Waals surface area (Å²) in [6.07, 6.45) is 0. The molecule has 2 N–H and O–H groups in total. The number of aromatic carboxylic acids is 1. The number of carbonyl (C=O) groups is 1. The standard InChI is InChI=1S/C19H11BrClN3O2/c20-12-5-1-11(2-6-12)17-16-14(19(25)26)9-15(22-18(16)24-23-17)10-3-7-13(21)8-4-10/h1-9H,(H,25,26)(H,22,23,24). The van der Waals surface area contributed by atoms with Crippen molar-refractivity contribution in [1.82, 2.24) is 15.2 Å². The molecule has 0 aliphatic heterocycles. The molecule has 26 heavy (non-hydrogen) atoms. The first-order valence-electron chi connectivity index (χ1n) is 7.67. The highest BCUT2D eigenvalue weighted by molar-refractivity contribution is 9.10. The molecule has 0 saturated carbocycles. The van der Waals surface area contributed by atoms with Crippen LogP contribution in [0.5, 0.6) is 0 Å². The summed E-state index contributed by atoms with van der Waals surface area (Å²) >= 11 is 9.32. The molecule has 0 amide bonds. The van der Waals surface area contributed by atoms with E-state index in [0.29, 0.717) is 27.4 Å². The van der Waals surface area contributed by atoms with Gasteiger partial charge in [-0.3, -0.25) is 5.10 Å². The van der Waals surface area contributed by atoms with Gasteiger partial charge in [-0.05, 0) is 30.3 Å². The van der Waals surface area contributed by atoms with Crippen molar-refractivity contribution in [2.45, 2.75) is 0 Å². The van der Waals surface area contributed by atoms with Crippen LogP contribution < -0.4 is 0 Å². The number of aromatic nitrogens is 3. The van der Waals surface area contributed by atoms with Crippen LogP contribution in [0.15, 0.2) is 59.1 Å². The Morgan fingerprint density at radius 2 is 1.69 bits per heavy atom. The SMILES string of the molecule is O=C(O)c1cc(-c2ccc(Cl)cc2)nc2n[nH]c(-c3ccc(Br)cc3)c12. The third kappa shape index (κ3) is 2.98. The maximum absolute atomic E-state index is 11.9. The highest BCUT2D eigenvalue weighted by atomic mass is 79.9. The Kier molecular flexibility index (Phi) is 4.22. The molecule has 0 aliphatic rings. The first-order chi connectivity index (χ1) is 12.5. The molecule has 0 spiro atoms. The van der Waals surface area contributed by atoms with Crippen molar-refractivity contribution < 1.29 is 9.90 Å². The summed E-state index contributed by atoms with van der Waals surface area (Å²) in [6.45, 7) is 0. The van der Waals surface area contributed by atoms with Gasteiger partial charge in [0.05, 0.1) is 22.3 Å². The lowest BCUT2D eigenvalue weighted by atomic mass is 10.0. The van der Waals surface area contributed by atoms with E-state index in [1.807, 2.05) is 24.3 Å². The molecular weight excluding hydrogens is 418 g/mol. The third-order valence-corrected chi connectivity index (χ3v) is 4.81. The van der Waals surface area contributed by atoms with E-state index in [-0.39, 0.29) is 5.56 Å². The van der Waals surface area contributed by atoms with E-state index in [1.165, 1.54) is 0 Å². The molecule has 128 valence electrons. The number of benzene rings is 2. The maximum Gasteiger partial charge on any atom is 0.336 e. The van der Waals surface area contributed by atoms with Crippen LogP contribution in [0, 0.1) is 0 Å². The number of H-pyrrole nitrogens is 1. The minimum absolute atomic E-state index is 0.145. The Labute approximate surface area is 161 Å². The van der Waals surface area contributed by atoms with Gasteiger partial charge in [-0.25, -0.2) is 9.78 Å². The average molecular weight is 429 g/mol. The van der Waals surface area contributed by atoms with Crippen molar-refractivity contribution in [3.05, 3.63) is 69.7 Å². The second-order valence-electron chi connectivity index (χ2n) is 5.67. The predicted molar refractivity (Wildman–Crippen MR) is 104 cm³/mol. The van der Waals surface area contributed by atoms with Crippen molar-refractivity contribution in [3.8, 4) is 22.5 Å². The van der Waals surface area contributed by atoms with Crippen molar-refractivity contribution >= 4 is 44.5 Å². The molecule has 0 fully saturated rings. The van der Waals surface area contributed by atoms with Gasteiger partial charge in [0.1, 0.15) is 0 Å². The van der Waals surface area contributed by atoms with Gasteiger partial charge in [0.15, 0.2) is 5.65 Å². The van der Waals surface area contributed by atoms with Crippen LogP contribution in [-0.4, -0.2) is 26.3 Å². The minimum Gasteiger partial charge on any atom is -0.478 e. The summed E-state index contributed by atoms with van der Waals surface area (Å²) in [5.41, 5.74) is 3.26. The van der Waals surface area contributed by atoms with E-state index in [1.54, 1.807) is 30.3 Å². The first kappa shape index (κ1) is 16.8. The van der Waals surface area contributed by atoms with Gasteiger partial charge in [0, 0.05) is 20.6 Å². The van der Waals surface area contributed by atoms with E-state index in [0.717, 1.165) is 15.6 Å². The lowest BCUT2D eigenvalue weighted by Crippen LogP contribution is -2.00. The van der Waals surface area contributed by atoms with Crippen LogP contribution in [0.4, 0.5) is 0 Å². The molecule has 7 heteroatoms. The molecule has 0 bridgehead atoms. The zero-order chi connectivity index (χ0) is 18.3. The van der Waals surface area contributed by atoms with Crippen molar-refractivity contribution in [2.75, 3.05) is 0 Å². The van der Waals surface area contributed by atoms with Gasteiger partial charge < -0.3 is 5.11 Å². The lowest BCUT2D eigenvalue weighted by Gasteiger charge is -2.06. The minimum atomic E-state index is -1.03. The Hall–Kier alpha value is -2.70. The highest BCUT2D eigenvalue weighted by Gasteiger charge is 2.19. The normalized spacial score (nSPS) is 11.0. The van der Waals surface area contributed by atoms with Gasteiger partial charge in [0.2, 0.25) is 0 Å². The summed E-state index contributed by atoms with van der Waals surface area (Å²) in [4.78, 5) is 16.4. The topological polar surface area (TPSA) is 78.9 Å². The van der Waals surface area contributed by atoms with E-state index < -0.39 is 5.97 Å². The predicted octanol–water partition coefficient (Wildman–Crippen LogP) is 5.41. The van der Waals surface area contributed by atoms with E-state index >= 15 is 0 Å². The van der Waals surface area contributed by atoms with Gasteiger partial charge in [-0.15, -0.1) is 0 Å². The molecule has 0 saturated heterocycles. The van der Waals surface area contributed by atoms with Gasteiger partial charge >= 0.3 is 5.97 Å². The number of nitrogens with zero attached hydrogens (tertiary/aromatic N) is 2. The molecule has 0 atom stereocenters. The fourth-order valence-electron chi connectivity index (χ4n) is 2.79. The summed E-state index contributed by atoms with van der Waals surface area (Å²) in [5, 5.41) is 18.0. The number of aromatic amines is 1. The van der Waals surface area contributed by atoms with Crippen LogP contribution in [-0.2, 0) is 0 Å². The number of carboxylic acid groups (broad SMARTS) is 1. The summed E-state index contributed by atoms with van der Waals surface area (Å²) in [7, 11) is 0. The Morgan fingerprint density at radius 1 is 1.04 bits per heavy atom. The van der Waals surface area contributed by atoms with Crippen molar-refractivity contribution in [3.63, 3.8) is 0 Å². The number of rotatable bonds is 3. The second-order valence-corrected chi connectivity index (χ2v) is 7.02. The number of carboxylic acids is 1. The number of hydrogen-bond acceptors (Lipinski definition) is 3. The van der Waals surface area contributed by atoms with E-state index in [9.17, 15) is 9.90 Å². The fraction of sp³-hybridized carbons (Fsp3) is 0. The van der Waals surface area contributed by atoms with Crippen molar-refractivity contribution in [2.24, 2.45) is 0 Å². The van der Waals surface area contributed by atoms with Gasteiger partial charge in [-0.2, -0.15) is 5.10 Å². The molecule has 0 unspecified atom stereocenters. The Balaban J connectivity index is 1.94. The van der Waals surface area contributed by atoms with Crippen LogP contribution in [0.25, 0.3) is 33.5 Å². The zero-order valence-corrected chi connectivity index (χ0v) is 15.5. The molecule has 0 aliphatic carbocycles. The lowest BCUT2D eigenvalue weighted by molar-refractivity contribution is 0.0699. The highest BCUT2D eigenvalue weighted by Crippen LogP contribution is 2.32. The summed E-state index contributed by atoms with van der Waals surface area (Å²) in [6, 6.07) is 16.2. The zero-order valence-electron chi connectivity index (χ0n) is 13.2. The fourth-order valence-corrected chi connectivity index (χ4v) is 3.18. The Morgan fingerprint density at radius 3 is 2.35 bits per heavy atom. The number of hydrogen-bond donors (Lipinski definition) is 2. The second kappa shape index (κ2) is 6.55. The number of halogens is 2. The third-order valence-electron chi connectivity index (χ3n) is 4.03. The molecule has 0 radical (unpaired) electrons. The van der Waals surface area contributed by atoms with Crippen molar-refractivity contribution in [1.29, 1.82) is 0 Å². The molecular formula is C19H11BrClN3O2.